The van der Waals surface area contributed by atoms with Crippen molar-refractivity contribution in [2.24, 2.45) is 4.99 Å². The summed E-state index contributed by atoms with van der Waals surface area (Å²) in [7, 11) is 5.09. The third kappa shape index (κ3) is 4.51. The monoisotopic (exact) mass is 371 g/mol. The zero-order chi connectivity index (χ0) is 19.2. The molecule has 144 valence electrons. The molecule has 0 saturated carbocycles. The lowest BCUT2D eigenvalue weighted by Crippen LogP contribution is -2.44. The quantitative estimate of drug-likeness (QED) is 0.648. The number of nitrogens with one attached hydrogen (secondary N) is 1. The normalized spacial score (nSPS) is 13.9. The molecule has 6 heteroatoms. The third-order valence-corrected chi connectivity index (χ3v) is 4.82. The van der Waals surface area contributed by atoms with E-state index in [2.05, 4.69) is 21.3 Å². The van der Waals surface area contributed by atoms with E-state index in [1.165, 1.54) is 17.2 Å². The van der Waals surface area contributed by atoms with Gasteiger partial charge in [0, 0.05) is 26.7 Å². The largest absolute Gasteiger partial charge is 0.493 e. The molecule has 0 saturated heterocycles. The molecule has 0 spiro atoms. The van der Waals surface area contributed by atoms with E-state index in [4.69, 9.17) is 9.47 Å². The maximum atomic E-state index is 13.3. The minimum Gasteiger partial charge on any atom is -0.493 e. The van der Waals surface area contributed by atoms with Crippen LogP contribution < -0.4 is 14.8 Å². The van der Waals surface area contributed by atoms with Crippen LogP contribution in [-0.2, 0) is 19.4 Å². The molecule has 0 unspecified atom stereocenters. The van der Waals surface area contributed by atoms with E-state index in [1.807, 2.05) is 12.1 Å². The molecule has 0 radical (unpaired) electrons. The molecule has 2 aromatic rings. The standard InChI is InChI=1S/C21H26FN3O2/c1-23-21(24-9-7-15-5-4-6-18(22)11-15)25-10-8-16-12-19(26-2)20(27-3)13-17(16)14-25/h4-6,11-13H,7-10,14H2,1-3H3,(H,23,24). The fourth-order valence-corrected chi connectivity index (χ4v) is 3.41. The number of nitrogens with zero attached hydrogens (tertiary/aromatic N) is 2. The van der Waals surface area contributed by atoms with Crippen molar-refractivity contribution in [1.29, 1.82) is 0 Å². The van der Waals surface area contributed by atoms with E-state index < -0.39 is 0 Å². The van der Waals surface area contributed by atoms with E-state index in [9.17, 15) is 4.39 Å². The number of hydrogen-bond donors (Lipinski definition) is 1. The van der Waals surface area contributed by atoms with E-state index in [1.54, 1.807) is 33.4 Å². The first-order chi connectivity index (χ1) is 13.1. The van der Waals surface area contributed by atoms with Gasteiger partial charge >= 0.3 is 0 Å². The molecule has 1 heterocycles. The van der Waals surface area contributed by atoms with Crippen LogP contribution in [0, 0.1) is 5.82 Å². The lowest BCUT2D eigenvalue weighted by molar-refractivity contribution is 0.346. The highest BCUT2D eigenvalue weighted by molar-refractivity contribution is 5.80. The molecule has 27 heavy (non-hydrogen) atoms. The first kappa shape index (κ1) is 19.0. The van der Waals surface area contributed by atoms with E-state index in [0.29, 0.717) is 6.54 Å². The number of methoxy groups -OCH3 is 2. The molecule has 1 aliphatic heterocycles. The average molecular weight is 371 g/mol. The minimum absolute atomic E-state index is 0.200. The molecule has 0 aliphatic carbocycles. The van der Waals surface area contributed by atoms with Crippen molar-refractivity contribution in [2.75, 3.05) is 34.4 Å². The molecule has 0 bridgehead atoms. The summed E-state index contributed by atoms with van der Waals surface area (Å²) in [5.74, 6) is 2.16. The maximum Gasteiger partial charge on any atom is 0.193 e. The Hall–Kier alpha value is -2.76. The zero-order valence-electron chi connectivity index (χ0n) is 16.1. The van der Waals surface area contributed by atoms with Crippen molar-refractivity contribution in [3.8, 4) is 11.5 Å². The molecule has 1 N–H and O–H groups in total. The van der Waals surface area contributed by atoms with Crippen molar-refractivity contribution >= 4 is 5.96 Å². The summed E-state index contributed by atoms with van der Waals surface area (Å²) >= 11 is 0. The van der Waals surface area contributed by atoms with Crippen molar-refractivity contribution < 1.29 is 13.9 Å². The van der Waals surface area contributed by atoms with Crippen LogP contribution in [0.15, 0.2) is 41.4 Å². The molecule has 0 aromatic heterocycles. The molecule has 5 nitrogen and oxygen atoms in total. The van der Waals surface area contributed by atoms with Crippen LogP contribution in [0.25, 0.3) is 0 Å². The number of ether oxygens (including phenoxy) is 2. The Morgan fingerprint density at radius 3 is 2.56 bits per heavy atom. The Morgan fingerprint density at radius 2 is 1.89 bits per heavy atom. The Balaban J connectivity index is 1.64. The number of aliphatic imine (C=N–C) groups is 1. The van der Waals surface area contributed by atoms with Gasteiger partial charge in [-0.05, 0) is 53.8 Å². The number of hydrogen-bond acceptors (Lipinski definition) is 3. The van der Waals surface area contributed by atoms with Crippen LogP contribution in [0.2, 0.25) is 0 Å². The van der Waals surface area contributed by atoms with Gasteiger partial charge in [-0.1, -0.05) is 12.1 Å². The summed E-state index contributed by atoms with van der Waals surface area (Å²) < 4.78 is 24.1. The molecule has 1 aliphatic rings. The topological polar surface area (TPSA) is 46.1 Å². The van der Waals surface area contributed by atoms with Gasteiger partial charge in [-0.2, -0.15) is 0 Å². The number of fused-ring (bicyclic) bond motifs is 1. The summed E-state index contributed by atoms with van der Waals surface area (Å²) in [4.78, 5) is 6.63. The van der Waals surface area contributed by atoms with E-state index in [0.717, 1.165) is 49.0 Å². The summed E-state index contributed by atoms with van der Waals surface area (Å²) in [6.45, 7) is 2.34. The summed E-state index contributed by atoms with van der Waals surface area (Å²) in [5.41, 5.74) is 3.46. The minimum atomic E-state index is -0.200. The number of guanidine groups is 1. The second-order valence-corrected chi connectivity index (χ2v) is 6.50. The highest BCUT2D eigenvalue weighted by Gasteiger charge is 2.21. The molecular formula is C21H26FN3O2. The first-order valence-electron chi connectivity index (χ1n) is 9.08. The SMILES string of the molecule is CN=C(NCCc1cccc(F)c1)N1CCc2cc(OC)c(OC)cc2C1. The van der Waals surface area contributed by atoms with Crippen molar-refractivity contribution in [2.45, 2.75) is 19.4 Å². The smallest absolute Gasteiger partial charge is 0.193 e. The summed E-state index contributed by atoms with van der Waals surface area (Å²) in [6, 6.07) is 10.8. The van der Waals surface area contributed by atoms with Crippen molar-refractivity contribution in [1.82, 2.24) is 10.2 Å². The van der Waals surface area contributed by atoms with Gasteiger partial charge < -0.3 is 19.7 Å². The third-order valence-electron chi connectivity index (χ3n) is 4.82. The van der Waals surface area contributed by atoms with Crippen LogP contribution in [0.4, 0.5) is 4.39 Å². The average Bonchev–Trinajstić information content (AvgIpc) is 2.69. The lowest BCUT2D eigenvalue weighted by atomic mass is 9.99. The van der Waals surface area contributed by atoms with Gasteiger partial charge in [-0.25, -0.2) is 4.39 Å². The second kappa shape index (κ2) is 8.75. The van der Waals surface area contributed by atoms with Gasteiger partial charge in [-0.3, -0.25) is 4.99 Å². The fourth-order valence-electron chi connectivity index (χ4n) is 3.41. The second-order valence-electron chi connectivity index (χ2n) is 6.50. The van der Waals surface area contributed by atoms with Gasteiger partial charge in [0.05, 0.1) is 14.2 Å². The Morgan fingerprint density at radius 1 is 1.15 bits per heavy atom. The fraction of sp³-hybridized carbons (Fsp3) is 0.381. The van der Waals surface area contributed by atoms with E-state index in [-0.39, 0.29) is 5.82 Å². The van der Waals surface area contributed by atoms with Crippen LogP contribution in [0.5, 0.6) is 11.5 Å². The van der Waals surface area contributed by atoms with Crippen LogP contribution >= 0.6 is 0 Å². The predicted molar refractivity (Wildman–Crippen MR) is 105 cm³/mol. The number of benzene rings is 2. The van der Waals surface area contributed by atoms with Crippen LogP contribution in [0.1, 0.15) is 16.7 Å². The highest BCUT2D eigenvalue weighted by Crippen LogP contribution is 2.33. The molecule has 0 fully saturated rings. The predicted octanol–water partition coefficient (Wildman–Crippen LogP) is 3.02. The van der Waals surface area contributed by atoms with Gasteiger partial charge in [0.15, 0.2) is 17.5 Å². The molecular weight excluding hydrogens is 345 g/mol. The Kier molecular flexibility index (Phi) is 6.16. The van der Waals surface area contributed by atoms with Crippen LogP contribution in [-0.4, -0.2) is 45.2 Å². The highest BCUT2D eigenvalue weighted by atomic mass is 19.1. The van der Waals surface area contributed by atoms with E-state index >= 15 is 0 Å². The van der Waals surface area contributed by atoms with Gasteiger partial charge in [0.2, 0.25) is 0 Å². The number of halogens is 1. The zero-order valence-corrected chi connectivity index (χ0v) is 16.1. The van der Waals surface area contributed by atoms with Crippen LogP contribution in [0.3, 0.4) is 0 Å². The summed E-state index contributed by atoms with van der Waals surface area (Å²) in [6.07, 6.45) is 1.66. The molecule has 0 amide bonds. The van der Waals surface area contributed by atoms with Gasteiger partial charge in [-0.15, -0.1) is 0 Å². The molecule has 3 rings (SSSR count). The Bertz CT molecular complexity index is 823. The maximum absolute atomic E-state index is 13.3. The first-order valence-corrected chi connectivity index (χ1v) is 9.08. The van der Waals surface area contributed by atoms with Gasteiger partial charge in [0.1, 0.15) is 5.82 Å². The Labute approximate surface area is 159 Å². The molecule has 2 aromatic carbocycles. The van der Waals surface area contributed by atoms with Crippen molar-refractivity contribution in [3.05, 3.63) is 58.9 Å². The summed E-state index contributed by atoms with van der Waals surface area (Å²) in [5, 5.41) is 3.39. The lowest BCUT2D eigenvalue weighted by Gasteiger charge is -2.32. The van der Waals surface area contributed by atoms with Crippen molar-refractivity contribution in [3.63, 3.8) is 0 Å². The molecule has 0 atom stereocenters. The number of rotatable bonds is 5. The van der Waals surface area contributed by atoms with Gasteiger partial charge in [0.25, 0.3) is 0 Å².